The van der Waals surface area contributed by atoms with Gasteiger partial charge in [0.15, 0.2) is 0 Å². The van der Waals surface area contributed by atoms with Crippen molar-refractivity contribution < 1.29 is 0 Å². The summed E-state index contributed by atoms with van der Waals surface area (Å²) in [4.78, 5) is 5.47. The Morgan fingerprint density at radius 2 is 0.550 bits per heavy atom. The molecule has 4 heterocycles. The topological polar surface area (TPSA) is 16.3 Å². The average Bonchev–Trinajstić information content (AvgIpc) is 0.797. The van der Waals surface area contributed by atoms with Crippen LogP contribution in [0.5, 0.6) is 0 Å². The molecular formula is C106H107BN4. The van der Waals surface area contributed by atoms with Crippen molar-refractivity contribution in [2.75, 3.05) is 9.80 Å². The minimum atomic E-state index is -0.330. The second-order valence-corrected chi connectivity index (χ2v) is 39.1. The van der Waals surface area contributed by atoms with Gasteiger partial charge in [-0.3, -0.25) is 0 Å². The highest BCUT2D eigenvalue weighted by Crippen LogP contribution is 2.54. The van der Waals surface area contributed by atoms with Crippen LogP contribution in [0.15, 0.2) is 267 Å². The summed E-state index contributed by atoms with van der Waals surface area (Å²) in [5.41, 5.74) is 35.4. The van der Waals surface area contributed by atoms with E-state index in [9.17, 15) is 0 Å². The maximum absolute atomic E-state index is 2.74. The fraction of sp³-hybridized carbons (Fsp3) is 0.264. The lowest BCUT2D eigenvalue weighted by Crippen LogP contribution is -2.61. The summed E-state index contributed by atoms with van der Waals surface area (Å²) in [6.07, 6.45) is 0. The Morgan fingerprint density at radius 3 is 0.919 bits per heavy atom. The van der Waals surface area contributed by atoms with Gasteiger partial charge in [-0.2, -0.15) is 0 Å². The van der Waals surface area contributed by atoms with E-state index in [1.807, 2.05) is 0 Å². The van der Waals surface area contributed by atoms with Crippen LogP contribution in [0.25, 0.3) is 99.5 Å². The summed E-state index contributed by atoms with van der Waals surface area (Å²) >= 11 is 0. The maximum atomic E-state index is 2.74. The summed E-state index contributed by atoms with van der Waals surface area (Å²) in [6, 6.07) is 105. The zero-order valence-electron chi connectivity index (χ0n) is 69.3. The van der Waals surface area contributed by atoms with Gasteiger partial charge in [0.1, 0.15) is 0 Å². The van der Waals surface area contributed by atoms with E-state index in [1.54, 1.807) is 0 Å². The second kappa shape index (κ2) is 25.9. The highest BCUT2D eigenvalue weighted by molar-refractivity contribution is 7.00. The molecule has 0 fully saturated rings. The first kappa shape index (κ1) is 73.0. The third-order valence-electron chi connectivity index (χ3n) is 24.2. The summed E-state index contributed by atoms with van der Waals surface area (Å²) in [7, 11) is 0. The zero-order chi connectivity index (χ0) is 78.1. The molecule has 13 aromatic carbocycles. The molecule has 2 aromatic heterocycles. The Kier molecular flexibility index (Phi) is 17.0. The number of para-hydroxylation sites is 2. The molecule has 0 radical (unpaired) electrons. The molecule has 0 atom stereocenters. The summed E-state index contributed by atoms with van der Waals surface area (Å²) < 4.78 is 5.09. The van der Waals surface area contributed by atoms with E-state index in [4.69, 9.17) is 0 Å². The Bertz CT molecular complexity index is 5870. The van der Waals surface area contributed by atoms with Gasteiger partial charge in [0, 0.05) is 66.8 Å². The van der Waals surface area contributed by atoms with E-state index < -0.39 is 0 Å². The summed E-state index contributed by atoms with van der Waals surface area (Å²) in [5.74, 6) is 0. The third-order valence-corrected chi connectivity index (χ3v) is 24.2. The molecule has 0 saturated carbocycles. The molecule has 17 rings (SSSR count). The van der Waals surface area contributed by atoms with Crippen LogP contribution in [0.4, 0.5) is 34.1 Å². The van der Waals surface area contributed by atoms with E-state index in [-0.39, 0.29) is 44.6 Å². The fourth-order valence-electron chi connectivity index (χ4n) is 17.9. The molecule has 111 heavy (non-hydrogen) atoms. The minimum Gasteiger partial charge on any atom is -0.311 e. The molecule has 0 bridgehead atoms. The van der Waals surface area contributed by atoms with Crippen molar-refractivity contribution in [2.45, 2.75) is 183 Å². The quantitative estimate of drug-likeness (QED) is 0.141. The van der Waals surface area contributed by atoms with Crippen molar-refractivity contribution >= 4 is 101 Å². The van der Waals surface area contributed by atoms with Crippen LogP contribution >= 0.6 is 0 Å². The number of benzene rings is 13. The Labute approximate surface area is 660 Å². The van der Waals surface area contributed by atoms with Crippen LogP contribution in [0.3, 0.4) is 0 Å². The molecule has 5 heteroatoms. The lowest BCUT2D eigenvalue weighted by molar-refractivity contribution is 0.590. The van der Waals surface area contributed by atoms with Gasteiger partial charge in [-0.15, -0.1) is 0 Å². The predicted molar refractivity (Wildman–Crippen MR) is 482 cm³/mol. The third kappa shape index (κ3) is 12.5. The molecule has 554 valence electrons. The number of hydrogen-bond acceptors (Lipinski definition) is 2. The maximum Gasteiger partial charge on any atom is 0.252 e. The molecule has 2 aliphatic rings. The van der Waals surface area contributed by atoms with Crippen LogP contribution in [-0.2, 0) is 37.9 Å². The van der Waals surface area contributed by atoms with Crippen molar-refractivity contribution in [3.05, 3.63) is 306 Å². The highest BCUT2D eigenvalue weighted by Gasteiger charge is 2.46. The lowest BCUT2D eigenvalue weighted by atomic mass is 9.33. The molecule has 2 aliphatic heterocycles. The summed E-state index contributed by atoms with van der Waals surface area (Å²) in [6.45, 7) is 49.1. The highest BCUT2D eigenvalue weighted by atomic mass is 15.2. The molecule has 0 amide bonds. The number of hydrogen-bond donors (Lipinski definition) is 0. The van der Waals surface area contributed by atoms with Gasteiger partial charge in [0.25, 0.3) is 6.71 Å². The molecular weight excluding hydrogens is 1340 g/mol. The predicted octanol–water partition coefficient (Wildman–Crippen LogP) is 27.7. The van der Waals surface area contributed by atoms with Crippen molar-refractivity contribution in [2.24, 2.45) is 0 Å². The number of anilines is 6. The van der Waals surface area contributed by atoms with Gasteiger partial charge < -0.3 is 18.9 Å². The van der Waals surface area contributed by atoms with Crippen LogP contribution in [0, 0.1) is 0 Å². The molecule has 0 unspecified atom stereocenters. The number of fused-ring (bicyclic) bond motifs is 10. The van der Waals surface area contributed by atoms with Crippen LogP contribution in [-0.4, -0.2) is 15.8 Å². The monoisotopic (exact) mass is 1450 g/mol. The van der Waals surface area contributed by atoms with Crippen molar-refractivity contribution in [1.82, 2.24) is 9.13 Å². The average molecular weight is 1450 g/mol. The Morgan fingerprint density at radius 1 is 0.216 bits per heavy atom. The molecule has 0 aliphatic carbocycles. The first-order chi connectivity index (χ1) is 52.5. The lowest BCUT2D eigenvalue weighted by Gasteiger charge is -2.46. The first-order valence-electron chi connectivity index (χ1n) is 40.3. The van der Waals surface area contributed by atoms with Gasteiger partial charge in [-0.25, -0.2) is 0 Å². The summed E-state index contributed by atoms with van der Waals surface area (Å²) in [5, 5.41) is 5.01. The molecule has 0 spiro atoms. The molecule has 0 N–H and O–H groups in total. The molecule has 15 aromatic rings. The van der Waals surface area contributed by atoms with E-state index in [1.165, 1.54) is 144 Å². The van der Waals surface area contributed by atoms with Gasteiger partial charge in [-0.05, 0) is 212 Å². The Balaban J connectivity index is 1.04. The molecule has 0 saturated heterocycles. The smallest absolute Gasteiger partial charge is 0.252 e. The van der Waals surface area contributed by atoms with Crippen molar-refractivity contribution in [1.29, 1.82) is 0 Å². The van der Waals surface area contributed by atoms with Gasteiger partial charge >= 0.3 is 0 Å². The van der Waals surface area contributed by atoms with Gasteiger partial charge in [0.05, 0.1) is 33.4 Å². The fourth-order valence-corrected chi connectivity index (χ4v) is 17.9. The minimum absolute atomic E-state index is 0.0102. The number of aromatic nitrogens is 2. The zero-order valence-corrected chi connectivity index (χ0v) is 69.3. The van der Waals surface area contributed by atoms with Gasteiger partial charge in [0.2, 0.25) is 0 Å². The number of rotatable bonds is 8. The first-order valence-corrected chi connectivity index (χ1v) is 40.3. The van der Waals surface area contributed by atoms with E-state index in [0.717, 1.165) is 45.3 Å². The SMILES string of the molecule is CC(C)(C)c1ccc(-c2ccc(-c3ccccc3C(C)(C)C)c(N3c4cc(-n5c6ccccc6c6cc(C(C)(C)C)ccc65)ccc4B4c5ccc(-n6c7ccccc7c7cc(C(C)(C)C)ccc76)cc5N(c5cc(-c6ccc(C(C)(C)C)cc6)ccc5-c5ccccc5C(C)(C)C)c5cc(C(C)(C)C)cc3c54)c2)cc1. The van der Waals surface area contributed by atoms with Crippen LogP contribution < -0.4 is 26.2 Å². The van der Waals surface area contributed by atoms with Crippen molar-refractivity contribution in [3.63, 3.8) is 0 Å². The molecule has 4 nitrogen and oxygen atoms in total. The van der Waals surface area contributed by atoms with Crippen LogP contribution in [0.2, 0.25) is 0 Å². The van der Waals surface area contributed by atoms with E-state index in [2.05, 4.69) is 431 Å². The second-order valence-electron chi connectivity index (χ2n) is 39.1. The normalized spacial score (nSPS) is 13.6. The van der Waals surface area contributed by atoms with Gasteiger partial charge in [-0.1, -0.05) is 327 Å². The van der Waals surface area contributed by atoms with Crippen molar-refractivity contribution in [3.8, 4) is 55.9 Å². The van der Waals surface area contributed by atoms with E-state index in [0.29, 0.717) is 0 Å². The largest absolute Gasteiger partial charge is 0.311 e. The van der Waals surface area contributed by atoms with E-state index >= 15 is 0 Å². The standard InChI is InChI=1S/C106H107BN4/c1-100(2,3)70-44-38-66(39-45-70)68-42-52-81(77-30-22-26-34-85(77)105(16,17)18)93(58-68)110-95-64-75(108-89-36-28-24-32-79(89)83-60-72(102(7,8)9)48-56-91(83)108)50-54-87(95)107-88-55-51-76(109-90-37-29-25-33-80(90)84-61-73(103(10,11)12)49-57-92(84)109)65-96(88)111(98-63-74(104(13,14)15)62-97(110)99(98)107)94-59-69(67-40-46-71(47-41-67)101(4,5)6)43-53-82(94)78-31-23-27-35-86(78)106(19,20)21/h22-65H,1-21H3. The number of nitrogens with zero attached hydrogens (tertiary/aromatic N) is 4. The Hall–Kier alpha value is -10.9. The van der Waals surface area contributed by atoms with Crippen LogP contribution in [0.1, 0.15) is 184 Å².